The van der Waals surface area contributed by atoms with Crippen LogP contribution in [0, 0.1) is 0 Å². The van der Waals surface area contributed by atoms with Crippen molar-refractivity contribution in [2.45, 2.75) is 26.3 Å². The van der Waals surface area contributed by atoms with Crippen molar-refractivity contribution in [3.05, 3.63) is 28.5 Å². The van der Waals surface area contributed by atoms with Crippen LogP contribution in [0.4, 0.5) is 0 Å². The molecular weight excluding hydrogens is 314 g/mol. The van der Waals surface area contributed by atoms with Crippen LogP contribution in [0.5, 0.6) is 0 Å². The van der Waals surface area contributed by atoms with Gasteiger partial charge in [0.15, 0.2) is 0 Å². The largest absolute Gasteiger partial charge is 0.393 e. The molecule has 18 heavy (non-hydrogen) atoms. The molecule has 0 aliphatic rings. The van der Waals surface area contributed by atoms with Crippen molar-refractivity contribution in [3.63, 3.8) is 0 Å². The summed E-state index contributed by atoms with van der Waals surface area (Å²) >= 11 is 8.18. The normalized spacial score (nSPS) is 10.4. The molecule has 0 aliphatic carbocycles. The van der Waals surface area contributed by atoms with E-state index in [0.29, 0.717) is 28.1 Å². The number of aromatic nitrogens is 1. The van der Waals surface area contributed by atoms with Crippen LogP contribution in [0.3, 0.4) is 0 Å². The van der Waals surface area contributed by atoms with E-state index in [1.54, 1.807) is 23.2 Å². The van der Waals surface area contributed by atoms with Gasteiger partial charge in [0.1, 0.15) is 5.69 Å². The number of hydrogen-bond acceptors (Lipinski definition) is 3. The molecule has 98 valence electrons. The van der Waals surface area contributed by atoms with Crippen molar-refractivity contribution in [2.75, 3.05) is 6.54 Å². The molecule has 0 atom stereocenters. The number of pyridine rings is 1. The van der Waals surface area contributed by atoms with Crippen LogP contribution in [0.1, 0.15) is 30.8 Å². The fraction of sp³-hybridized carbons (Fsp3) is 0.417. The Morgan fingerprint density at radius 3 is 2.78 bits per heavy atom. The predicted molar refractivity (Wildman–Crippen MR) is 79.5 cm³/mol. The topological polar surface area (TPSA) is 59.2 Å². The number of halogens is 1. The summed E-state index contributed by atoms with van der Waals surface area (Å²) in [7, 11) is 0. The number of nitrogens with two attached hydrogens (primary N) is 1. The first-order valence-electron chi connectivity index (χ1n) is 5.63. The zero-order valence-corrected chi connectivity index (χ0v) is 12.8. The van der Waals surface area contributed by atoms with E-state index in [0.717, 1.165) is 0 Å². The maximum atomic E-state index is 12.4. The summed E-state index contributed by atoms with van der Waals surface area (Å²) in [5.74, 6) is -0.117. The maximum absolute atomic E-state index is 12.4. The van der Waals surface area contributed by atoms with E-state index in [-0.39, 0.29) is 11.9 Å². The zero-order chi connectivity index (χ0) is 13.7. The Morgan fingerprint density at radius 2 is 2.28 bits per heavy atom. The highest BCUT2D eigenvalue weighted by molar-refractivity contribution is 9.10. The van der Waals surface area contributed by atoms with Crippen molar-refractivity contribution >= 4 is 39.0 Å². The second-order valence-corrected chi connectivity index (χ2v) is 5.52. The summed E-state index contributed by atoms with van der Waals surface area (Å²) in [6.07, 6.45) is 2.12. The van der Waals surface area contributed by atoms with Crippen molar-refractivity contribution in [1.82, 2.24) is 9.88 Å². The first kappa shape index (κ1) is 15.0. The number of nitrogens with zero attached hydrogens (tertiary/aromatic N) is 2. The maximum Gasteiger partial charge on any atom is 0.273 e. The van der Waals surface area contributed by atoms with Gasteiger partial charge in [0.05, 0.1) is 4.99 Å². The lowest BCUT2D eigenvalue weighted by atomic mass is 10.2. The molecule has 0 bridgehead atoms. The van der Waals surface area contributed by atoms with Gasteiger partial charge in [0, 0.05) is 29.7 Å². The quantitative estimate of drug-likeness (QED) is 0.842. The number of amides is 1. The molecule has 1 heterocycles. The average Bonchev–Trinajstić information content (AvgIpc) is 2.28. The SMILES string of the molecule is CC(C)N(CCC(N)=S)C(=O)c1ncccc1Br. The fourth-order valence-electron chi connectivity index (χ4n) is 1.50. The van der Waals surface area contributed by atoms with Gasteiger partial charge in [-0.25, -0.2) is 4.98 Å². The molecule has 0 aromatic carbocycles. The molecule has 0 fully saturated rings. The van der Waals surface area contributed by atoms with Crippen LogP contribution >= 0.6 is 28.1 Å². The molecule has 2 N–H and O–H groups in total. The van der Waals surface area contributed by atoms with Gasteiger partial charge < -0.3 is 10.6 Å². The summed E-state index contributed by atoms with van der Waals surface area (Å²) in [5, 5.41) is 0. The van der Waals surface area contributed by atoms with E-state index in [2.05, 4.69) is 20.9 Å². The molecule has 0 spiro atoms. The first-order chi connectivity index (χ1) is 8.43. The molecular formula is C12H16BrN3OS. The van der Waals surface area contributed by atoms with E-state index in [4.69, 9.17) is 18.0 Å². The minimum atomic E-state index is -0.117. The van der Waals surface area contributed by atoms with Crippen LogP contribution in [0.15, 0.2) is 22.8 Å². The Balaban J connectivity index is 2.90. The molecule has 1 rings (SSSR count). The Morgan fingerprint density at radius 1 is 1.61 bits per heavy atom. The van der Waals surface area contributed by atoms with Crippen molar-refractivity contribution in [3.8, 4) is 0 Å². The lowest BCUT2D eigenvalue weighted by Gasteiger charge is -2.26. The third kappa shape index (κ3) is 4.03. The third-order valence-corrected chi connectivity index (χ3v) is 3.29. The highest BCUT2D eigenvalue weighted by atomic mass is 79.9. The Hall–Kier alpha value is -1.01. The fourth-order valence-corrected chi connectivity index (χ4v) is 2.02. The van der Waals surface area contributed by atoms with Crippen molar-refractivity contribution < 1.29 is 4.79 Å². The molecule has 1 amide bonds. The molecule has 0 radical (unpaired) electrons. The number of carbonyl (C=O) groups excluding carboxylic acids is 1. The molecule has 0 saturated carbocycles. The molecule has 6 heteroatoms. The van der Waals surface area contributed by atoms with Crippen LogP contribution in [-0.4, -0.2) is 33.4 Å². The second kappa shape index (κ2) is 6.80. The summed E-state index contributed by atoms with van der Waals surface area (Å²) in [6.45, 7) is 4.41. The molecule has 1 aromatic heterocycles. The predicted octanol–water partition coefficient (Wildman–Crippen LogP) is 2.37. The zero-order valence-electron chi connectivity index (χ0n) is 10.4. The van der Waals surface area contributed by atoms with Crippen LogP contribution in [0.25, 0.3) is 0 Å². The number of rotatable bonds is 5. The number of thiocarbonyl (C=S) groups is 1. The van der Waals surface area contributed by atoms with Gasteiger partial charge in [-0.1, -0.05) is 12.2 Å². The van der Waals surface area contributed by atoms with Gasteiger partial charge in [-0.15, -0.1) is 0 Å². The third-order valence-electron chi connectivity index (χ3n) is 2.44. The van der Waals surface area contributed by atoms with Crippen LogP contribution in [0.2, 0.25) is 0 Å². The monoisotopic (exact) mass is 329 g/mol. The summed E-state index contributed by atoms with van der Waals surface area (Å²) < 4.78 is 0.691. The molecule has 4 nitrogen and oxygen atoms in total. The van der Waals surface area contributed by atoms with E-state index in [1.165, 1.54) is 0 Å². The van der Waals surface area contributed by atoms with Crippen LogP contribution < -0.4 is 5.73 Å². The molecule has 0 unspecified atom stereocenters. The van der Waals surface area contributed by atoms with E-state index in [9.17, 15) is 4.79 Å². The standard InChI is InChI=1S/C12H16BrN3OS/c1-8(2)16(7-5-10(14)18)12(17)11-9(13)4-3-6-15-11/h3-4,6,8H,5,7H2,1-2H3,(H2,14,18). The van der Waals surface area contributed by atoms with Crippen LogP contribution in [-0.2, 0) is 0 Å². The van der Waals surface area contributed by atoms with Gasteiger partial charge in [-0.05, 0) is 41.9 Å². The lowest BCUT2D eigenvalue weighted by molar-refractivity contribution is 0.0704. The average molecular weight is 330 g/mol. The second-order valence-electron chi connectivity index (χ2n) is 4.14. The summed E-state index contributed by atoms with van der Waals surface area (Å²) in [5.41, 5.74) is 5.89. The van der Waals surface area contributed by atoms with Crippen molar-refractivity contribution in [1.29, 1.82) is 0 Å². The van der Waals surface area contributed by atoms with Gasteiger partial charge in [0.2, 0.25) is 0 Å². The van der Waals surface area contributed by atoms with Gasteiger partial charge in [0.25, 0.3) is 5.91 Å². The smallest absolute Gasteiger partial charge is 0.273 e. The number of carbonyl (C=O) groups is 1. The minimum Gasteiger partial charge on any atom is -0.393 e. The number of hydrogen-bond donors (Lipinski definition) is 1. The van der Waals surface area contributed by atoms with E-state index < -0.39 is 0 Å². The Kier molecular flexibility index (Phi) is 5.68. The van der Waals surface area contributed by atoms with Gasteiger partial charge >= 0.3 is 0 Å². The highest BCUT2D eigenvalue weighted by Crippen LogP contribution is 2.16. The van der Waals surface area contributed by atoms with E-state index >= 15 is 0 Å². The Labute approximate surface area is 121 Å². The van der Waals surface area contributed by atoms with E-state index in [1.807, 2.05) is 13.8 Å². The molecule has 1 aromatic rings. The van der Waals surface area contributed by atoms with Crippen molar-refractivity contribution in [2.24, 2.45) is 5.73 Å². The Bertz CT molecular complexity index is 451. The van der Waals surface area contributed by atoms with Gasteiger partial charge in [-0.2, -0.15) is 0 Å². The first-order valence-corrected chi connectivity index (χ1v) is 6.83. The molecule has 0 aliphatic heterocycles. The summed E-state index contributed by atoms with van der Waals surface area (Å²) in [6, 6.07) is 3.64. The lowest BCUT2D eigenvalue weighted by Crippen LogP contribution is -2.39. The van der Waals surface area contributed by atoms with Gasteiger partial charge in [-0.3, -0.25) is 4.79 Å². The highest BCUT2D eigenvalue weighted by Gasteiger charge is 2.21. The molecule has 0 saturated heterocycles. The summed E-state index contributed by atoms with van der Waals surface area (Å²) in [4.78, 5) is 18.6. The minimum absolute atomic E-state index is 0.0701.